The number of benzene rings is 1. The first-order valence-corrected chi connectivity index (χ1v) is 4.47. The van der Waals surface area contributed by atoms with Gasteiger partial charge in [0.05, 0.1) is 5.52 Å². The van der Waals surface area contributed by atoms with Crippen LogP contribution >= 0.6 is 15.9 Å². The molecule has 1 heterocycles. The second-order valence-electron chi connectivity index (χ2n) is 2.68. The molecule has 0 unspecified atom stereocenters. The van der Waals surface area contributed by atoms with Crippen LogP contribution in [0.5, 0.6) is 0 Å². The molecule has 1 aromatic carbocycles. The lowest BCUT2D eigenvalue weighted by Gasteiger charge is -2.02. The highest BCUT2D eigenvalue weighted by molar-refractivity contribution is 9.10. The summed E-state index contributed by atoms with van der Waals surface area (Å²) in [5, 5.41) is 0.634. The van der Waals surface area contributed by atoms with Gasteiger partial charge in [0.1, 0.15) is 5.82 Å². The molecule has 0 bridgehead atoms. The zero-order valence-corrected chi connectivity index (χ0v) is 8.18. The number of pyridine rings is 1. The van der Waals surface area contributed by atoms with Crippen molar-refractivity contribution < 1.29 is 4.39 Å². The number of hydrogen-bond donors (Lipinski definition) is 1. The second-order valence-corrected chi connectivity index (χ2v) is 3.54. The summed E-state index contributed by atoms with van der Waals surface area (Å²) in [4.78, 5) is 4.09. The largest absolute Gasteiger partial charge is 0.398 e. The first-order valence-electron chi connectivity index (χ1n) is 3.68. The molecular formula is C9H6BrFN2. The van der Waals surface area contributed by atoms with Gasteiger partial charge in [-0.3, -0.25) is 4.98 Å². The number of hydrogen-bond acceptors (Lipinski definition) is 2. The maximum Gasteiger partial charge on any atom is 0.125 e. The van der Waals surface area contributed by atoms with E-state index in [4.69, 9.17) is 5.73 Å². The number of nitrogen functional groups attached to an aromatic ring is 1. The van der Waals surface area contributed by atoms with E-state index < -0.39 is 0 Å². The van der Waals surface area contributed by atoms with Crippen LogP contribution in [0.25, 0.3) is 10.9 Å². The molecule has 0 aliphatic carbocycles. The van der Waals surface area contributed by atoms with Crippen LogP contribution in [-0.4, -0.2) is 4.98 Å². The number of fused-ring (bicyclic) bond motifs is 1. The lowest BCUT2D eigenvalue weighted by Crippen LogP contribution is -1.90. The summed E-state index contributed by atoms with van der Waals surface area (Å²) in [7, 11) is 0. The van der Waals surface area contributed by atoms with E-state index in [2.05, 4.69) is 20.9 Å². The maximum atomic E-state index is 13.0. The fourth-order valence-corrected chi connectivity index (χ4v) is 1.73. The van der Waals surface area contributed by atoms with E-state index in [1.165, 1.54) is 12.1 Å². The molecule has 2 N–H and O–H groups in total. The van der Waals surface area contributed by atoms with Crippen LogP contribution in [0.3, 0.4) is 0 Å². The van der Waals surface area contributed by atoms with Crippen LogP contribution in [0.1, 0.15) is 0 Å². The third-order valence-electron chi connectivity index (χ3n) is 1.80. The van der Waals surface area contributed by atoms with Crippen LogP contribution in [0, 0.1) is 5.82 Å². The fourth-order valence-electron chi connectivity index (χ4n) is 1.20. The maximum absolute atomic E-state index is 13.0. The molecule has 0 saturated carbocycles. The van der Waals surface area contributed by atoms with Gasteiger partial charge in [0.2, 0.25) is 0 Å². The Balaban J connectivity index is 2.94. The Morgan fingerprint density at radius 2 is 2.15 bits per heavy atom. The molecule has 13 heavy (non-hydrogen) atoms. The van der Waals surface area contributed by atoms with Gasteiger partial charge in [-0.05, 0) is 34.1 Å². The molecule has 66 valence electrons. The predicted octanol–water partition coefficient (Wildman–Crippen LogP) is 2.72. The summed E-state index contributed by atoms with van der Waals surface area (Å²) in [6, 6.07) is 4.39. The van der Waals surface area contributed by atoms with Gasteiger partial charge < -0.3 is 5.73 Å². The number of aromatic nitrogens is 1. The van der Waals surface area contributed by atoms with Gasteiger partial charge in [0.15, 0.2) is 0 Å². The summed E-state index contributed by atoms with van der Waals surface area (Å²) < 4.78 is 13.6. The zero-order valence-electron chi connectivity index (χ0n) is 6.59. The van der Waals surface area contributed by atoms with Gasteiger partial charge in [0, 0.05) is 21.7 Å². The second kappa shape index (κ2) is 2.96. The van der Waals surface area contributed by atoms with Crippen LogP contribution in [0.15, 0.2) is 28.9 Å². The van der Waals surface area contributed by atoms with E-state index >= 15 is 0 Å². The van der Waals surface area contributed by atoms with Gasteiger partial charge in [-0.1, -0.05) is 0 Å². The molecule has 0 atom stereocenters. The van der Waals surface area contributed by atoms with E-state index in [1.807, 2.05) is 0 Å². The summed E-state index contributed by atoms with van der Waals surface area (Å²) >= 11 is 3.22. The van der Waals surface area contributed by atoms with Crippen molar-refractivity contribution in [1.29, 1.82) is 0 Å². The van der Waals surface area contributed by atoms with Gasteiger partial charge in [-0.15, -0.1) is 0 Å². The zero-order chi connectivity index (χ0) is 9.42. The SMILES string of the molecule is Nc1ccnc2c(Br)cc(F)cc12. The Hall–Kier alpha value is -1.16. The van der Waals surface area contributed by atoms with E-state index in [-0.39, 0.29) is 5.82 Å². The van der Waals surface area contributed by atoms with E-state index in [1.54, 1.807) is 12.3 Å². The molecule has 0 radical (unpaired) electrons. The molecule has 0 spiro atoms. The highest BCUT2D eigenvalue weighted by Gasteiger charge is 2.04. The molecule has 0 aliphatic heterocycles. The van der Waals surface area contributed by atoms with Crippen molar-refractivity contribution in [1.82, 2.24) is 4.98 Å². The highest BCUT2D eigenvalue weighted by atomic mass is 79.9. The first-order chi connectivity index (χ1) is 6.18. The van der Waals surface area contributed by atoms with Crippen molar-refractivity contribution in [3.05, 3.63) is 34.7 Å². The smallest absolute Gasteiger partial charge is 0.125 e. The Morgan fingerprint density at radius 3 is 2.92 bits per heavy atom. The minimum absolute atomic E-state index is 0.320. The molecule has 2 aromatic rings. The predicted molar refractivity (Wildman–Crippen MR) is 53.8 cm³/mol. The quantitative estimate of drug-likeness (QED) is 0.770. The summed E-state index contributed by atoms with van der Waals surface area (Å²) in [5.41, 5.74) is 6.88. The Morgan fingerprint density at radius 1 is 1.38 bits per heavy atom. The Labute approximate surface area is 82.7 Å². The summed E-state index contributed by atoms with van der Waals surface area (Å²) in [6.45, 7) is 0. The first kappa shape index (κ1) is 8.44. The average molecular weight is 241 g/mol. The van der Waals surface area contributed by atoms with Crippen LogP contribution in [0.2, 0.25) is 0 Å². The summed E-state index contributed by atoms with van der Waals surface area (Å²) in [5.74, 6) is -0.320. The highest BCUT2D eigenvalue weighted by Crippen LogP contribution is 2.26. The van der Waals surface area contributed by atoms with Gasteiger partial charge >= 0.3 is 0 Å². The van der Waals surface area contributed by atoms with Crippen molar-refractivity contribution >= 4 is 32.5 Å². The molecular weight excluding hydrogens is 235 g/mol. The van der Waals surface area contributed by atoms with Crippen molar-refractivity contribution in [2.45, 2.75) is 0 Å². The lowest BCUT2D eigenvalue weighted by molar-refractivity contribution is 0.629. The molecule has 1 aromatic heterocycles. The van der Waals surface area contributed by atoms with Gasteiger partial charge in [0.25, 0.3) is 0 Å². The van der Waals surface area contributed by atoms with Gasteiger partial charge in [-0.25, -0.2) is 4.39 Å². The van der Waals surface area contributed by atoms with Crippen molar-refractivity contribution in [2.75, 3.05) is 5.73 Å². The van der Waals surface area contributed by atoms with E-state index in [9.17, 15) is 4.39 Å². The number of nitrogens with zero attached hydrogens (tertiary/aromatic N) is 1. The third kappa shape index (κ3) is 1.37. The minimum Gasteiger partial charge on any atom is -0.398 e. The molecule has 4 heteroatoms. The molecule has 0 saturated heterocycles. The van der Waals surface area contributed by atoms with Crippen LogP contribution < -0.4 is 5.73 Å². The van der Waals surface area contributed by atoms with Crippen molar-refractivity contribution in [3.63, 3.8) is 0 Å². The van der Waals surface area contributed by atoms with E-state index in [0.717, 1.165) is 0 Å². The molecule has 0 amide bonds. The standard InChI is InChI=1S/C9H6BrFN2/c10-7-4-5(11)3-6-8(12)1-2-13-9(6)7/h1-4H,(H2,12,13). The molecule has 0 aliphatic rings. The van der Waals surface area contributed by atoms with Gasteiger partial charge in [-0.2, -0.15) is 0 Å². The van der Waals surface area contributed by atoms with Crippen LogP contribution in [0.4, 0.5) is 10.1 Å². The topological polar surface area (TPSA) is 38.9 Å². The number of nitrogens with two attached hydrogens (primary N) is 1. The van der Waals surface area contributed by atoms with Crippen molar-refractivity contribution in [3.8, 4) is 0 Å². The average Bonchev–Trinajstić information content (AvgIpc) is 2.07. The number of halogens is 2. The minimum atomic E-state index is -0.320. The van der Waals surface area contributed by atoms with E-state index in [0.29, 0.717) is 21.1 Å². The lowest BCUT2D eigenvalue weighted by atomic mass is 10.2. The molecule has 0 fully saturated rings. The van der Waals surface area contributed by atoms with Crippen LogP contribution in [-0.2, 0) is 0 Å². The number of rotatable bonds is 0. The molecule has 2 rings (SSSR count). The monoisotopic (exact) mass is 240 g/mol. The molecule has 2 nitrogen and oxygen atoms in total. The normalized spacial score (nSPS) is 10.6. The third-order valence-corrected chi connectivity index (χ3v) is 2.40. The summed E-state index contributed by atoms with van der Waals surface area (Å²) in [6.07, 6.45) is 1.60. The fraction of sp³-hybridized carbons (Fsp3) is 0. The van der Waals surface area contributed by atoms with Crippen molar-refractivity contribution in [2.24, 2.45) is 0 Å². The Bertz CT molecular complexity index is 470. The Kier molecular flexibility index (Phi) is 1.92. The number of anilines is 1.